The first-order valence-corrected chi connectivity index (χ1v) is 12.3. The van der Waals surface area contributed by atoms with E-state index in [1.807, 2.05) is 66.7 Å². The van der Waals surface area contributed by atoms with Crippen molar-refractivity contribution in [3.63, 3.8) is 0 Å². The van der Waals surface area contributed by atoms with Gasteiger partial charge in [0.05, 0.1) is 24.1 Å². The van der Waals surface area contributed by atoms with Crippen molar-refractivity contribution in [3.05, 3.63) is 108 Å². The van der Waals surface area contributed by atoms with Crippen LogP contribution in [0.15, 0.2) is 89.7 Å². The molecule has 5 rings (SSSR count). The van der Waals surface area contributed by atoms with E-state index >= 15 is 0 Å². The fraction of sp³-hybridized carbons (Fsp3) is 0.120. The van der Waals surface area contributed by atoms with Crippen molar-refractivity contribution in [1.82, 2.24) is 14.4 Å². The summed E-state index contributed by atoms with van der Waals surface area (Å²) in [7, 11) is -4.71. The molecule has 2 aromatic carbocycles. The highest BCUT2D eigenvalue weighted by Gasteiger charge is 2.22. The molecule has 5 aromatic rings. The largest absolute Gasteiger partial charge is 0.472 e. The van der Waals surface area contributed by atoms with Crippen molar-refractivity contribution >= 4 is 13.5 Å². The molecule has 0 saturated heterocycles. The predicted octanol–water partition coefficient (Wildman–Crippen LogP) is 4.62. The van der Waals surface area contributed by atoms with Crippen LogP contribution in [0.5, 0.6) is 5.88 Å². The van der Waals surface area contributed by atoms with Gasteiger partial charge in [-0.25, -0.2) is 19.1 Å². The third-order valence-corrected chi connectivity index (χ3v) is 5.76. The lowest BCUT2D eigenvalue weighted by molar-refractivity contribution is 0.0781. The van der Waals surface area contributed by atoms with Gasteiger partial charge in [0, 0.05) is 18.2 Å². The smallest absolute Gasteiger partial charge is 0.469 e. The molecule has 0 amide bonds. The average Bonchev–Trinajstić information content (AvgIpc) is 3.48. The van der Waals surface area contributed by atoms with E-state index in [-0.39, 0.29) is 0 Å². The van der Waals surface area contributed by atoms with Gasteiger partial charge >= 0.3 is 7.82 Å². The average molecular weight is 491 g/mol. The van der Waals surface area contributed by atoms with Gasteiger partial charge in [0.25, 0.3) is 0 Å². The number of hydrogen-bond donors (Lipinski definition) is 2. The Morgan fingerprint density at radius 3 is 2.31 bits per heavy atom. The fourth-order valence-electron chi connectivity index (χ4n) is 3.79. The number of benzene rings is 2. The quantitative estimate of drug-likeness (QED) is 0.227. The number of hydrogen-bond acceptors (Lipinski definition) is 6. The van der Waals surface area contributed by atoms with Gasteiger partial charge in [-0.15, -0.1) is 0 Å². The van der Waals surface area contributed by atoms with Crippen LogP contribution in [-0.2, 0) is 21.9 Å². The standard InChI is InChI=1S/C25H22N3O6P/c29-35(30,31)34-17-33-25-22(15-20-12-7-13-32-20)27-24-21(14-18-8-3-1-4-9-18)26-23(16-28(24)25)19-10-5-2-6-11-19/h1-13,16H,14-15,17H2,(H2,29,30,31). The number of nitrogens with zero attached hydrogens (tertiary/aromatic N) is 3. The second kappa shape index (κ2) is 9.85. The molecular formula is C25H22N3O6P. The molecule has 0 unspecified atom stereocenters. The number of furan rings is 1. The number of ether oxygens (including phenoxy) is 1. The van der Waals surface area contributed by atoms with Crippen molar-refractivity contribution in [3.8, 4) is 17.1 Å². The highest BCUT2D eigenvalue weighted by atomic mass is 31.2. The Kier molecular flexibility index (Phi) is 6.48. The Morgan fingerprint density at radius 1 is 0.886 bits per heavy atom. The van der Waals surface area contributed by atoms with E-state index in [4.69, 9.17) is 28.9 Å². The second-order valence-corrected chi connectivity index (χ2v) is 9.04. The van der Waals surface area contributed by atoms with Gasteiger partial charge in [0.15, 0.2) is 5.65 Å². The molecular weight excluding hydrogens is 469 g/mol. The molecule has 0 bridgehead atoms. The molecule has 0 spiro atoms. The van der Waals surface area contributed by atoms with E-state index in [1.165, 1.54) is 0 Å². The van der Waals surface area contributed by atoms with Gasteiger partial charge in [-0.3, -0.25) is 4.40 Å². The van der Waals surface area contributed by atoms with E-state index in [9.17, 15) is 4.57 Å². The zero-order valence-corrected chi connectivity index (χ0v) is 19.4. The Morgan fingerprint density at radius 2 is 1.63 bits per heavy atom. The first-order valence-electron chi connectivity index (χ1n) is 10.8. The summed E-state index contributed by atoms with van der Waals surface area (Å²) in [6.45, 7) is -0.653. The number of fused-ring (bicyclic) bond motifs is 1. The van der Waals surface area contributed by atoms with E-state index in [0.29, 0.717) is 41.5 Å². The van der Waals surface area contributed by atoms with Gasteiger partial charge in [0.2, 0.25) is 12.7 Å². The summed E-state index contributed by atoms with van der Waals surface area (Å²) in [4.78, 5) is 27.9. The maximum absolute atomic E-state index is 11.2. The lowest BCUT2D eigenvalue weighted by Crippen LogP contribution is -2.06. The van der Waals surface area contributed by atoms with Crippen LogP contribution in [0.25, 0.3) is 16.9 Å². The van der Waals surface area contributed by atoms with E-state index in [2.05, 4.69) is 4.52 Å². The first-order chi connectivity index (χ1) is 17.0. The Bertz CT molecular complexity index is 1460. The summed E-state index contributed by atoms with van der Waals surface area (Å²) in [5.74, 6) is 0.953. The summed E-state index contributed by atoms with van der Waals surface area (Å²) in [6.07, 6.45) is 4.20. The molecule has 3 aromatic heterocycles. The van der Waals surface area contributed by atoms with Gasteiger partial charge in [0.1, 0.15) is 11.5 Å². The van der Waals surface area contributed by atoms with Gasteiger partial charge < -0.3 is 18.9 Å². The molecule has 0 aliphatic heterocycles. The maximum atomic E-state index is 11.2. The molecule has 35 heavy (non-hydrogen) atoms. The van der Waals surface area contributed by atoms with Gasteiger partial charge in [-0.2, -0.15) is 0 Å². The summed E-state index contributed by atoms with van der Waals surface area (Å²) < 4.78 is 28.7. The predicted molar refractivity (Wildman–Crippen MR) is 128 cm³/mol. The van der Waals surface area contributed by atoms with E-state index in [1.54, 1.807) is 22.9 Å². The monoisotopic (exact) mass is 491 g/mol. The molecule has 0 saturated carbocycles. The number of imidazole rings is 1. The number of aromatic nitrogens is 3. The van der Waals surface area contributed by atoms with Crippen LogP contribution in [0.2, 0.25) is 0 Å². The molecule has 0 aliphatic rings. The minimum absolute atomic E-state index is 0.291. The van der Waals surface area contributed by atoms with Crippen molar-refractivity contribution < 1.29 is 28.0 Å². The molecule has 178 valence electrons. The van der Waals surface area contributed by atoms with Crippen LogP contribution in [0.4, 0.5) is 0 Å². The van der Waals surface area contributed by atoms with Crippen LogP contribution in [0.3, 0.4) is 0 Å². The zero-order valence-electron chi connectivity index (χ0n) is 18.5. The van der Waals surface area contributed by atoms with Crippen molar-refractivity contribution in [1.29, 1.82) is 0 Å². The summed E-state index contributed by atoms with van der Waals surface area (Å²) in [5.41, 5.74) is 4.49. The normalized spacial score (nSPS) is 11.7. The molecule has 3 heterocycles. The van der Waals surface area contributed by atoms with Crippen molar-refractivity contribution in [2.45, 2.75) is 12.8 Å². The third-order valence-electron chi connectivity index (χ3n) is 5.32. The second-order valence-electron chi connectivity index (χ2n) is 7.80. The number of rotatable bonds is 9. The molecule has 0 radical (unpaired) electrons. The minimum atomic E-state index is -4.71. The van der Waals surface area contributed by atoms with E-state index < -0.39 is 14.6 Å². The molecule has 0 fully saturated rings. The van der Waals surface area contributed by atoms with Crippen LogP contribution >= 0.6 is 7.82 Å². The van der Waals surface area contributed by atoms with Crippen molar-refractivity contribution in [2.24, 2.45) is 0 Å². The Labute approximate surface area is 200 Å². The van der Waals surface area contributed by atoms with Crippen LogP contribution in [-0.4, -0.2) is 30.9 Å². The minimum Gasteiger partial charge on any atom is -0.469 e. The van der Waals surface area contributed by atoms with E-state index in [0.717, 1.165) is 16.8 Å². The van der Waals surface area contributed by atoms with Gasteiger partial charge in [-0.05, 0) is 17.7 Å². The maximum Gasteiger partial charge on any atom is 0.472 e. The molecule has 0 atom stereocenters. The third kappa shape index (κ3) is 5.50. The Balaban J connectivity index is 1.65. The molecule has 0 aliphatic carbocycles. The molecule has 9 nitrogen and oxygen atoms in total. The summed E-state index contributed by atoms with van der Waals surface area (Å²) >= 11 is 0. The van der Waals surface area contributed by atoms with Crippen LogP contribution in [0.1, 0.15) is 22.7 Å². The molecule has 10 heteroatoms. The Hall–Kier alpha value is -3.75. The SMILES string of the molecule is O=P(O)(O)OCOc1c(Cc2ccco2)nc2c(Cc3ccccc3)nc(-c3ccccc3)cn12. The van der Waals surface area contributed by atoms with Crippen LogP contribution < -0.4 is 4.74 Å². The highest BCUT2D eigenvalue weighted by molar-refractivity contribution is 7.46. The molecule has 2 N–H and O–H groups in total. The lowest BCUT2D eigenvalue weighted by atomic mass is 10.1. The topological polar surface area (TPSA) is 119 Å². The first kappa shape index (κ1) is 23.0. The fourth-order valence-corrected chi connectivity index (χ4v) is 3.98. The summed E-state index contributed by atoms with van der Waals surface area (Å²) in [5, 5.41) is 0. The number of phosphoric ester groups is 1. The van der Waals surface area contributed by atoms with Crippen molar-refractivity contribution in [2.75, 3.05) is 6.79 Å². The van der Waals surface area contributed by atoms with Crippen LogP contribution in [0, 0.1) is 0 Å². The lowest BCUT2D eigenvalue weighted by Gasteiger charge is -2.11. The number of phosphoric acid groups is 1. The highest BCUT2D eigenvalue weighted by Crippen LogP contribution is 2.36. The van der Waals surface area contributed by atoms with Gasteiger partial charge in [-0.1, -0.05) is 60.7 Å². The summed E-state index contributed by atoms with van der Waals surface area (Å²) in [6, 6.07) is 23.2. The zero-order chi connectivity index (χ0) is 24.3.